The Morgan fingerprint density at radius 3 is 2.86 bits per heavy atom. The van der Waals surface area contributed by atoms with Crippen LogP contribution >= 0.6 is 0 Å². The van der Waals surface area contributed by atoms with Crippen LogP contribution in [0.4, 0.5) is 0 Å². The fourth-order valence-corrected chi connectivity index (χ4v) is 5.64. The summed E-state index contributed by atoms with van der Waals surface area (Å²) < 4.78 is 0. The maximum atomic E-state index is 10.7. The third kappa shape index (κ3) is 1.89. The largest absolute Gasteiger partial charge is 0.508 e. The monoisotopic (exact) mass is 298 g/mol. The van der Waals surface area contributed by atoms with E-state index in [-0.39, 0.29) is 11.5 Å². The molecule has 1 fully saturated rings. The normalized spacial score (nSPS) is 33.4. The lowest BCUT2D eigenvalue weighted by molar-refractivity contribution is 0.0148. The van der Waals surface area contributed by atoms with Gasteiger partial charge >= 0.3 is 0 Å². The topological polar surface area (TPSA) is 40.5 Å². The Bertz CT molecular complexity index is 631. The van der Waals surface area contributed by atoms with Gasteiger partial charge in [-0.15, -0.1) is 0 Å². The predicted octanol–water partition coefficient (Wildman–Crippen LogP) is 4.44. The van der Waals surface area contributed by atoms with Crippen LogP contribution in [-0.4, -0.2) is 16.3 Å². The van der Waals surface area contributed by atoms with Crippen LogP contribution in [0.5, 0.6) is 5.75 Å². The number of fused-ring (bicyclic) bond motifs is 4. The van der Waals surface area contributed by atoms with Crippen LogP contribution in [0, 0.1) is 11.3 Å². The Balaban J connectivity index is 1.79. The number of aromatic hydroxyl groups is 1. The highest BCUT2D eigenvalue weighted by Crippen LogP contribution is 2.60. The van der Waals surface area contributed by atoms with E-state index >= 15 is 0 Å². The van der Waals surface area contributed by atoms with Gasteiger partial charge in [-0.05, 0) is 79.7 Å². The van der Waals surface area contributed by atoms with Crippen LogP contribution in [0.2, 0.25) is 0 Å². The number of aliphatic hydroxyl groups excluding tert-OH is 1. The molecule has 0 unspecified atom stereocenters. The summed E-state index contributed by atoms with van der Waals surface area (Å²) in [4.78, 5) is 0. The van der Waals surface area contributed by atoms with Crippen molar-refractivity contribution in [2.75, 3.05) is 0 Å². The third-order valence-electron chi connectivity index (χ3n) is 6.53. The van der Waals surface area contributed by atoms with Crippen molar-refractivity contribution in [2.24, 2.45) is 11.3 Å². The molecule has 1 aromatic rings. The lowest BCUT2D eigenvalue weighted by Gasteiger charge is -2.46. The van der Waals surface area contributed by atoms with E-state index in [0.717, 1.165) is 44.9 Å². The number of rotatable bonds is 2. The molecule has 4 rings (SSSR count). The van der Waals surface area contributed by atoms with E-state index in [4.69, 9.17) is 0 Å². The quantitative estimate of drug-likeness (QED) is 0.847. The van der Waals surface area contributed by atoms with Crippen LogP contribution in [-0.2, 0) is 6.42 Å². The average Bonchev–Trinajstić information content (AvgIpc) is 2.84. The van der Waals surface area contributed by atoms with Gasteiger partial charge in [0.2, 0.25) is 0 Å². The highest BCUT2D eigenvalue weighted by Gasteiger charge is 2.52. The van der Waals surface area contributed by atoms with Crippen molar-refractivity contribution in [3.63, 3.8) is 0 Å². The van der Waals surface area contributed by atoms with E-state index in [9.17, 15) is 10.2 Å². The summed E-state index contributed by atoms with van der Waals surface area (Å²) >= 11 is 0. The number of aryl methyl sites for hydroxylation is 1. The Kier molecular flexibility index (Phi) is 3.34. The predicted molar refractivity (Wildman–Crippen MR) is 88.7 cm³/mol. The van der Waals surface area contributed by atoms with Crippen molar-refractivity contribution in [1.29, 1.82) is 0 Å². The van der Waals surface area contributed by atoms with Crippen molar-refractivity contribution < 1.29 is 10.2 Å². The summed E-state index contributed by atoms with van der Waals surface area (Å²) in [7, 11) is 0. The molecule has 22 heavy (non-hydrogen) atoms. The first-order valence-corrected chi connectivity index (χ1v) is 8.88. The second kappa shape index (κ2) is 5.13. The smallest absolute Gasteiger partial charge is 0.115 e. The molecule has 0 saturated heterocycles. The first-order valence-electron chi connectivity index (χ1n) is 8.88. The number of hydrogen-bond acceptors (Lipinski definition) is 2. The van der Waals surface area contributed by atoms with Gasteiger partial charge in [0.25, 0.3) is 0 Å². The zero-order valence-electron chi connectivity index (χ0n) is 13.4. The summed E-state index contributed by atoms with van der Waals surface area (Å²) in [6.45, 7) is 2.25. The standard InChI is InChI=1S/C20H26O2/c1-2-10-20-11-9-16-15-6-4-14(21)12-13(15)3-5-17(16)18(20)7-8-19(20)22/h4,6,12,18-19,21-22H,2-3,5,7-11H2,1H3/t18-,19-,20-/m0/s1. The third-order valence-corrected chi connectivity index (χ3v) is 6.53. The van der Waals surface area contributed by atoms with Crippen LogP contribution in [0.25, 0.3) is 5.57 Å². The fourth-order valence-electron chi connectivity index (χ4n) is 5.64. The first kappa shape index (κ1) is 14.3. The van der Waals surface area contributed by atoms with E-state index in [1.165, 1.54) is 23.1 Å². The summed E-state index contributed by atoms with van der Waals surface area (Å²) in [5.74, 6) is 0.975. The summed E-state index contributed by atoms with van der Waals surface area (Å²) in [6.07, 6.45) is 8.75. The van der Waals surface area contributed by atoms with Crippen molar-refractivity contribution >= 4 is 5.57 Å². The molecule has 0 radical (unpaired) electrons. The Morgan fingerprint density at radius 1 is 1.18 bits per heavy atom. The van der Waals surface area contributed by atoms with Crippen LogP contribution in [0.1, 0.15) is 63.0 Å². The van der Waals surface area contributed by atoms with Crippen LogP contribution < -0.4 is 0 Å². The summed E-state index contributed by atoms with van der Waals surface area (Å²) in [5, 5.41) is 20.4. The lowest BCUT2D eigenvalue weighted by Crippen LogP contribution is -2.39. The van der Waals surface area contributed by atoms with Crippen molar-refractivity contribution in [2.45, 2.75) is 64.4 Å². The van der Waals surface area contributed by atoms with Crippen molar-refractivity contribution in [3.05, 3.63) is 34.9 Å². The molecule has 1 saturated carbocycles. The molecule has 3 aliphatic rings. The molecule has 3 aliphatic carbocycles. The van der Waals surface area contributed by atoms with Gasteiger partial charge < -0.3 is 10.2 Å². The molecule has 2 nitrogen and oxygen atoms in total. The Hall–Kier alpha value is -1.28. The number of aliphatic hydroxyl groups is 1. The molecule has 3 atom stereocenters. The minimum Gasteiger partial charge on any atom is -0.508 e. The van der Waals surface area contributed by atoms with E-state index in [2.05, 4.69) is 13.0 Å². The molecule has 0 bridgehead atoms. The van der Waals surface area contributed by atoms with Crippen molar-refractivity contribution in [1.82, 2.24) is 0 Å². The number of phenolic OH excluding ortho intramolecular Hbond substituents is 1. The second-order valence-electron chi connectivity index (χ2n) is 7.47. The Labute approximate surface area is 132 Å². The molecule has 2 N–H and O–H groups in total. The minimum absolute atomic E-state index is 0.104. The molecule has 2 heteroatoms. The molecular formula is C20H26O2. The SMILES string of the molecule is CCC[C@]12CCC3=C(CCc4cc(O)ccc43)[C@@H]1CC[C@@H]2O. The van der Waals surface area contributed by atoms with Gasteiger partial charge in [0, 0.05) is 5.41 Å². The average molecular weight is 298 g/mol. The van der Waals surface area contributed by atoms with Gasteiger partial charge in [-0.25, -0.2) is 0 Å². The summed E-state index contributed by atoms with van der Waals surface area (Å²) in [5.41, 5.74) is 5.99. The molecule has 118 valence electrons. The maximum absolute atomic E-state index is 10.7. The second-order valence-corrected chi connectivity index (χ2v) is 7.47. The highest BCUT2D eigenvalue weighted by molar-refractivity contribution is 5.75. The van der Waals surface area contributed by atoms with Gasteiger partial charge in [-0.3, -0.25) is 0 Å². The molecule has 0 spiro atoms. The van der Waals surface area contributed by atoms with Crippen LogP contribution in [0.15, 0.2) is 23.8 Å². The van der Waals surface area contributed by atoms with Crippen LogP contribution in [0.3, 0.4) is 0 Å². The van der Waals surface area contributed by atoms with E-state index < -0.39 is 0 Å². The number of allylic oxidation sites excluding steroid dienone is 2. The van der Waals surface area contributed by atoms with E-state index in [1.807, 2.05) is 12.1 Å². The van der Waals surface area contributed by atoms with Gasteiger partial charge in [0.05, 0.1) is 6.10 Å². The van der Waals surface area contributed by atoms with Gasteiger partial charge in [0.15, 0.2) is 0 Å². The van der Waals surface area contributed by atoms with E-state index in [1.54, 1.807) is 5.57 Å². The fraction of sp³-hybridized carbons (Fsp3) is 0.600. The minimum atomic E-state index is -0.104. The molecule has 0 amide bonds. The number of benzene rings is 1. The van der Waals surface area contributed by atoms with E-state index in [0.29, 0.717) is 11.7 Å². The number of phenols is 1. The zero-order chi connectivity index (χ0) is 15.3. The van der Waals surface area contributed by atoms with Crippen molar-refractivity contribution in [3.8, 4) is 5.75 Å². The molecule has 0 aromatic heterocycles. The van der Waals surface area contributed by atoms with Gasteiger partial charge in [-0.1, -0.05) is 25.0 Å². The molecular weight excluding hydrogens is 272 g/mol. The lowest BCUT2D eigenvalue weighted by atomic mass is 9.60. The Morgan fingerprint density at radius 2 is 2.05 bits per heavy atom. The van der Waals surface area contributed by atoms with Gasteiger partial charge in [0.1, 0.15) is 5.75 Å². The maximum Gasteiger partial charge on any atom is 0.115 e. The molecule has 0 aliphatic heterocycles. The zero-order valence-corrected chi connectivity index (χ0v) is 13.4. The molecule has 1 aromatic carbocycles. The van der Waals surface area contributed by atoms with Gasteiger partial charge in [-0.2, -0.15) is 0 Å². The summed E-state index contributed by atoms with van der Waals surface area (Å²) in [6, 6.07) is 5.88. The first-order chi connectivity index (χ1) is 10.7. The highest BCUT2D eigenvalue weighted by atomic mass is 16.3. The number of hydrogen-bond donors (Lipinski definition) is 2. The molecule has 0 heterocycles.